The SMILES string of the molecule is Nc1ccc(C#Cc2cc(C#Cc3ccc(N)cc3)c(-c3ccc(N)cc3)cc2C#Cc2ccc(N)cc2)cc1. The van der Waals surface area contributed by atoms with Crippen LogP contribution in [0.5, 0.6) is 0 Å². The van der Waals surface area contributed by atoms with Crippen LogP contribution in [0.3, 0.4) is 0 Å². The third-order valence-electron chi connectivity index (χ3n) is 6.14. The maximum atomic E-state index is 5.98. The van der Waals surface area contributed by atoms with Crippen molar-refractivity contribution in [3.8, 4) is 46.6 Å². The predicted octanol–water partition coefficient (Wildman–Crippen LogP) is 5.88. The van der Waals surface area contributed by atoms with Gasteiger partial charge in [-0.05, 0) is 108 Å². The monoisotopic (exact) mass is 514 g/mol. The predicted molar refractivity (Wildman–Crippen MR) is 167 cm³/mol. The van der Waals surface area contributed by atoms with E-state index in [0.717, 1.165) is 44.5 Å². The highest BCUT2D eigenvalue weighted by Gasteiger charge is 2.10. The highest BCUT2D eigenvalue weighted by Crippen LogP contribution is 2.28. The van der Waals surface area contributed by atoms with Crippen molar-refractivity contribution in [2.45, 2.75) is 0 Å². The highest BCUT2D eigenvalue weighted by molar-refractivity contribution is 5.77. The van der Waals surface area contributed by atoms with E-state index < -0.39 is 0 Å². The summed E-state index contributed by atoms with van der Waals surface area (Å²) in [5.74, 6) is 19.7. The van der Waals surface area contributed by atoms with Gasteiger partial charge in [-0.25, -0.2) is 0 Å². The van der Waals surface area contributed by atoms with Gasteiger partial charge in [-0.15, -0.1) is 0 Å². The molecule has 190 valence electrons. The minimum Gasteiger partial charge on any atom is -0.399 e. The van der Waals surface area contributed by atoms with Crippen molar-refractivity contribution in [3.63, 3.8) is 0 Å². The Morgan fingerprint density at radius 2 is 0.650 bits per heavy atom. The van der Waals surface area contributed by atoms with Gasteiger partial charge in [0.15, 0.2) is 0 Å². The van der Waals surface area contributed by atoms with E-state index >= 15 is 0 Å². The van der Waals surface area contributed by atoms with Crippen molar-refractivity contribution >= 4 is 22.7 Å². The lowest BCUT2D eigenvalue weighted by molar-refractivity contribution is 1.52. The Hall–Kier alpha value is -6.02. The molecule has 40 heavy (non-hydrogen) atoms. The molecule has 0 atom stereocenters. The van der Waals surface area contributed by atoms with Crippen LogP contribution in [-0.4, -0.2) is 0 Å². The van der Waals surface area contributed by atoms with E-state index in [4.69, 9.17) is 22.9 Å². The number of hydrogen-bond donors (Lipinski definition) is 4. The molecule has 0 fully saturated rings. The second-order valence-electron chi connectivity index (χ2n) is 9.18. The van der Waals surface area contributed by atoms with E-state index in [-0.39, 0.29) is 0 Å². The first-order valence-electron chi connectivity index (χ1n) is 12.6. The zero-order valence-corrected chi connectivity index (χ0v) is 21.7. The van der Waals surface area contributed by atoms with Gasteiger partial charge in [0, 0.05) is 56.1 Å². The first-order valence-corrected chi connectivity index (χ1v) is 12.6. The minimum absolute atomic E-state index is 0.688. The summed E-state index contributed by atoms with van der Waals surface area (Å²) in [6.07, 6.45) is 0. The van der Waals surface area contributed by atoms with Crippen molar-refractivity contribution in [2.24, 2.45) is 0 Å². The average Bonchev–Trinajstić information content (AvgIpc) is 2.97. The van der Waals surface area contributed by atoms with Gasteiger partial charge in [-0.2, -0.15) is 0 Å². The Bertz CT molecular complexity index is 1850. The lowest BCUT2D eigenvalue weighted by Gasteiger charge is -2.09. The average molecular weight is 515 g/mol. The van der Waals surface area contributed by atoms with E-state index in [1.54, 1.807) is 0 Å². The fourth-order valence-electron chi connectivity index (χ4n) is 3.93. The molecule has 4 heteroatoms. The van der Waals surface area contributed by atoms with E-state index in [1.165, 1.54) is 0 Å². The molecule has 4 nitrogen and oxygen atoms in total. The molecule has 0 saturated carbocycles. The summed E-state index contributed by atoms with van der Waals surface area (Å²) in [6.45, 7) is 0. The Balaban J connectivity index is 1.69. The summed E-state index contributed by atoms with van der Waals surface area (Å²) in [5.41, 5.74) is 33.1. The molecule has 5 aromatic carbocycles. The highest BCUT2D eigenvalue weighted by atomic mass is 14.5. The summed E-state index contributed by atoms with van der Waals surface area (Å²) in [5, 5.41) is 0. The number of anilines is 4. The lowest BCUT2D eigenvalue weighted by Crippen LogP contribution is -1.93. The van der Waals surface area contributed by atoms with Crippen molar-refractivity contribution < 1.29 is 0 Å². The van der Waals surface area contributed by atoms with Crippen molar-refractivity contribution in [3.05, 3.63) is 143 Å². The molecule has 0 aromatic heterocycles. The summed E-state index contributed by atoms with van der Waals surface area (Å²) >= 11 is 0. The topological polar surface area (TPSA) is 104 Å². The first-order chi connectivity index (χ1) is 19.4. The maximum Gasteiger partial charge on any atom is 0.0418 e. The van der Waals surface area contributed by atoms with Crippen LogP contribution in [0.15, 0.2) is 109 Å². The number of nitrogens with two attached hydrogens (primary N) is 4. The minimum atomic E-state index is 0.688. The van der Waals surface area contributed by atoms with Gasteiger partial charge >= 0.3 is 0 Å². The molecule has 0 spiro atoms. The van der Waals surface area contributed by atoms with Gasteiger partial charge in [0.25, 0.3) is 0 Å². The van der Waals surface area contributed by atoms with Crippen LogP contribution in [0.1, 0.15) is 33.4 Å². The van der Waals surface area contributed by atoms with Crippen LogP contribution in [-0.2, 0) is 0 Å². The first kappa shape index (κ1) is 25.6. The van der Waals surface area contributed by atoms with Crippen LogP contribution in [0.2, 0.25) is 0 Å². The summed E-state index contributed by atoms with van der Waals surface area (Å²) in [6, 6.07) is 34.1. The molecule has 0 amide bonds. The Labute approximate surface area is 234 Å². The quantitative estimate of drug-likeness (QED) is 0.166. The third-order valence-corrected chi connectivity index (χ3v) is 6.14. The van der Waals surface area contributed by atoms with Gasteiger partial charge in [-0.3, -0.25) is 0 Å². The van der Waals surface area contributed by atoms with Gasteiger partial charge < -0.3 is 22.9 Å². The fourth-order valence-corrected chi connectivity index (χ4v) is 3.93. The van der Waals surface area contributed by atoms with E-state index in [9.17, 15) is 0 Å². The smallest absolute Gasteiger partial charge is 0.0418 e. The Morgan fingerprint density at radius 3 is 1.05 bits per heavy atom. The van der Waals surface area contributed by atoms with E-state index in [0.29, 0.717) is 22.7 Å². The molecule has 0 aliphatic carbocycles. The van der Waals surface area contributed by atoms with Gasteiger partial charge in [0.05, 0.1) is 0 Å². The molecule has 0 aliphatic rings. The number of hydrogen-bond acceptors (Lipinski definition) is 4. The molecule has 8 N–H and O–H groups in total. The summed E-state index contributed by atoms with van der Waals surface area (Å²) < 4.78 is 0. The molecule has 0 saturated heterocycles. The molecule has 5 rings (SSSR count). The number of rotatable bonds is 1. The zero-order chi connectivity index (χ0) is 27.9. The lowest BCUT2D eigenvalue weighted by atomic mass is 9.93. The molecular weight excluding hydrogens is 488 g/mol. The molecule has 0 unspecified atom stereocenters. The van der Waals surface area contributed by atoms with Crippen LogP contribution in [0.25, 0.3) is 11.1 Å². The van der Waals surface area contributed by atoms with E-state index in [1.807, 2.05) is 109 Å². The molecule has 0 radical (unpaired) electrons. The fraction of sp³-hybridized carbons (Fsp3) is 0. The summed E-state index contributed by atoms with van der Waals surface area (Å²) in [4.78, 5) is 0. The maximum absolute atomic E-state index is 5.98. The molecule has 5 aromatic rings. The molecular formula is C36H26N4. The second-order valence-corrected chi connectivity index (χ2v) is 9.18. The Kier molecular flexibility index (Phi) is 7.41. The van der Waals surface area contributed by atoms with Gasteiger partial charge in [0.1, 0.15) is 0 Å². The van der Waals surface area contributed by atoms with Crippen LogP contribution in [0.4, 0.5) is 22.7 Å². The number of benzene rings is 5. The second kappa shape index (κ2) is 11.6. The van der Waals surface area contributed by atoms with Crippen LogP contribution < -0.4 is 22.9 Å². The van der Waals surface area contributed by atoms with E-state index in [2.05, 4.69) is 35.5 Å². The van der Waals surface area contributed by atoms with Gasteiger partial charge in [-0.1, -0.05) is 47.7 Å². The van der Waals surface area contributed by atoms with Crippen molar-refractivity contribution in [1.29, 1.82) is 0 Å². The molecule has 0 bridgehead atoms. The molecule has 0 heterocycles. The zero-order valence-electron chi connectivity index (χ0n) is 21.7. The third kappa shape index (κ3) is 6.45. The van der Waals surface area contributed by atoms with Gasteiger partial charge in [0.2, 0.25) is 0 Å². The normalized spacial score (nSPS) is 9.80. The van der Waals surface area contributed by atoms with Crippen molar-refractivity contribution in [1.82, 2.24) is 0 Å². The van der Waals surface area contributed by atoms with Crippen LogP contribution >= 0.6 is 0 Å². The van der Waals surface area contributed by atoms with Crippen LogP contribution in [0, 0.1) is 35.5 Å². The summed E-state index contributed by atoms with van der Waals surface area (Å²) in [7, 11) is 0. The number of nitrogen functional groups attached to an aromatic ring is 4. The molecule has 0 aliphatic heterocycles. The van der Waals surface area contributed by atoms with Crippen molar-refractivity contribution in [2.75, 3.05) is 22.9 Å². The largest absolute Gasteiger partial charge is 0.399 e. The standard InChI is InChI=1S/C36H26N4/c37-32-15-4-25(5-16-32)1-10-29-23-31(12-3-27-8-19-34(39)20-9-27)36(28-13-21-35(40)22-14-28)24-30(29)11-2-26-6-17-33(38)18-7-26/h4-9,13-24H,37-40H2. The Morgan fingerprint density at radius 1 is 0.325 bits per heavy atom.